The summed E-state index contributed by atoms with van der Waals surface area (Å²) < 4.78 is 52.3. The topological polar surface area (TPSA) is 79.5 Å². The molecule has 3 N–H and O–H groups in total. The number of rotatable bonds is 6. The maximum atomic E-state index is 17.2. The van der Waals surface area contributed by atoms with Crippen LogP contribution in [0.2, 0.25) is 0 Å². The van der Waals surface area contributed by atoms with Crippen LogP contribution in [0.5, 0.6) is 6.01 Å². The minimum absolute atomic E-state index is 0.00532. The summed E-state index contributed by atoms with van der Waals surface area (Å²) in [5, 5.41) is 5.62. The summed E-state index contributed by atoms with van der Waals surface area (Å²) in [6.07, 6.45) is 16.1. The summed E-state index contributed by atoms with van der Waals surface area (Å²) in [4.78, 5) is 14.4. The highest BCUT2D eigenvalue weighted by molar-refractivity contribution is 6.04. The number of fused-ring (bicyclic) bond motifs is 5. The van der Waals surface area contributed by atoms with Crippen molar-refractivity contribution in [3.8, 4) is 29.5 Å². The Morgan fingerprint density at radius 2 is 1.92 bits per heavy atom. The van der Waals surface area contributed by atoms with E-state index in [1.807, 2.05) is 6.07 Å². The number of aromatic nitrogens is 2. The zero-order valence-corrected chi connectivity index (χ0v) is 28.1. The minimum Gasteiger partial charge on any atom is -0.461 e. The van der Waals surface area contributed by atoms with E-state index in [0.29, 0.717) is 58.2 Å². The third kappa shape index (κ3) is 4.96. The van der Waals surface area contributed by atoms with Gasteiger partial charge in [0.2, 0.25) is 0 Å². The zero-order chi connectivity index (χ0) is 34.2. The molecule has 0 amide bonds. The first-order valence-electron chi connectivity index (χ1n) is 18.0. The molecule has 4 aliphatic heterocycles. The van der Waals surface area contributed by atoms with Gasteiger partial charge in [0.1, 0.15) is 23.8 Å². The van der Waals surface area contributed by atoms with Crippen LogP contribution in [0, 0.1) is 29.9 Å². The average molecular weight is 679 g/mol. The van der Waals surface area contributed by atoms with Gasteiger partial charge in [-0.1, -0.05) is 30.9 Å². The molecule has 9 rings (SSSR count). The van der Waals surface area contributed by atoms with Crippen molar-refractivity contribution >= 4 is 33.2 Å². The fourth-order valence-corrected chi connectivity index (χ4v) is 10.1. The van der Waals surface area contributed by atoms with Crippen LogP contribution in [0.25, 0.3) is 32.8 Å². The van der Waals surface area contributed by atoms with Crippen LogP contribution in [0.3, 0.4) is 0 Å². The molecule has 1 aromatic heterocycles. The molecule has 0 unspecified atom stereocenters. The molecule has 1 saturated carbocycles. The number of nitrogen functional groups attached to an aromatic ring is 1. The molecule has 4 aromatic rings. The van der Waals surface area contributed by atoms with Gasteiger partial charge >= 0.3 is 6.01 Å². The van der Waals surface area contributed by atoms with E-state index >= 15 is 8.78 Å². The van der Waals surface area contributed by atoms with E-state index in [2.05, 4.69) is 21.0 Å². The zero-order valence-electron chi connectivity index (χ0n) is 28.1. The molecule has 5 fully saturated rings. The Hall–Kier alpha value is -4.33. The lowest BCUT2D eigenvalue weighted by Gasteiger charge is -2.45. The number of hydrogen-bond acceptors (Lipinski definition) is 7. The number of halogens is 3. The standard InChI is InChI=1S/C40H41F3N6O/c1-2-29-33(42)11-8-25-16-27(44)17-32(34(25)29)30-9-10-31-36(35(30)43)45-38(50-23-39-13-5-15-49(39)20-24(18-39)19-41)46-37(31)48-21-28-12-14-40(22-48,47-28)26-6-3-4-7-26/h1,8-11,16-17,19,26,28,47H,3-7,12-15,18,20-23,44H2/b24-19-/t28-,39-,40+/m0/s1. The maximum absolute atomic E-state index is 17.2. The number of benzene rings is 3. The molecule has 2 bridgehead atoms. The Kier molecular flexibility index (Phi) is 7.52. The SMILES string of the molecule is C#Cc1c(F)ccc2cc(N)cc(-c3ccc4c(N5C[C@@H]6CC[C@](C7CCCC7)(C5)N6)nc(OC[C@@]56CCCN5C/C(=C\F)C6)nc4c3F)c12. The average Bonchev–Trinajstić information content (AvgIpc) is 3.92. The third-order valence-electron chi connectivity index (χ3n) is 12.4. The number of anilines is 2. The molecule has 3 atom stereocenters. The van der Waals surface area contributed by atoms with Crippen LogP contribution in [-0.2, 0) is 0 Å². The molecule has 0 spiro atoms. The van der Waals surface area contributed by atoms with Crippen molar-refractivity contribution < 1.29 is 17.9 Å². The number of piperazine rings is 1. The van der Waals surface area contributed by atoms with Crippen molar-refractivity contribution in [1.29, 1.82) is 0 Å². The van der Waals surface area contributed by atoms with Crippen LogP contribution in [0.4, 0.5) is 24.7 Å². The molecule has 10 heteroatoms. The summed E-state index contributed by atoms with van der Waals surface area (Å²) >= 11 is 0. The van der Waals surface area contributed by atoms with Crippen molar-refractivity contribution in [2.24, 2.45) is 5.92 Å². The van der Waals surface area contributed by atoms with Crippen molar-refractivity contribution in [3.05, 3.63) is 65.5 Å². The fraction of sp³-hybridized carbons (Fsp3) is 0.450. The van der Waals surface area contributed by atoms with Gasteiger partial charge in [-0.15, -0.1) is 6.42 Å². The lowest BCUT2D eigenvalue weighted by Crippen LogP contribution is -2.62. The fourth-order valence-electron chi connectivity index (χ4n) is 10.1. The highest BCUT2D eigenvalue weighted by Crippen LogP contribution is 2.46. The second-order valence-electron chi connectivity index (χ2n) is 15.3. The number of nitrogens with one attached hydrogen (secondary N) is 1. The highest BCUT2D eigenvalue weighted by Gasteiger charge is 2.51. The van der Waals surface area contributed by atoms with Gasteiger partial charge in [-0.25, -0.2) is 13.2 Å². The summed E-state index contributed by atoms with van der Waals surface area (Å²) in [6, 6.07) is 10.2. The quantitative estimate of drug-likeness (QED) is 0.164. The molecule has 4 saturated heterocycles. The van der Waals surface area contributed by atoms with Crippen molar-refractivity contribution in [2.45, 2.75) is 74.9 Å². The third-order valence-corrected chi connectivity index (χ3v) is 12.4. The summed E-state index contributed by atoms with van der Waals surface area (Å²) in [5.41, 5.74) is 7.90. The minimum atomic E-state index is -0.581. The maximum Gasteiger partial charge on any atom is 0.319 e. The van der Waals surface area contributed by atoms with Crippen molar-refractivity contribution in [1.82, 2.24) is 20.2 Å². The Labute approximate surface area is 290 Å². The van der Waals surface area contributed by atoms with E-state index in [0.717, 1.165) is 57.2 Å². The Morgan fingerprint density at radius 1 is 1.06 bits per heavy atom. The lowest BCUT2D eigenvalue weighted by molar-refractivity contribution is 0.108. The lowest BCUT2D eigenvalue weighted by atomic mass is 9.80. The molecule has 5 aliphatic rings. The monoisotopic (exact) mass is 678 g/mol. The Morgan fingerprint density at radius 3 is 2.74 bits per heavy atom. The van der Waals surface area contributed by atoms with Crippen LogP contribution >= 0.6 is 0 Å². The van der Waals surface area contributed by atoms with Crippen LogP contribution in [0.1, 0.15) is 63.4 Å². The second kappa shape index (κ2) is 11.9. The van der Waals surface area contributed by atoms with E-state index in [1.54, 1.807) is 24.3 Å². The summed E-state index contributed by atoms with van der Waals surface area (Å²) in [7, 11) is 0. The van der Waals surface area contributed by atoms with Gasteiger partial charge in [0, 0.05) is 53.2 Å². The van der Waals surface area contributed by atoms with Gasteiger partial charge in [-0.2, -0.15) is 9.97 Å². The van der Waals surface area contributed by atoms with Gasteiger partial charge in [0.15, 0.2) is 5.82 Å². The van der Waals surface area contributed by atoms with E-state index < -0.39 is 11.6 Å². The Bertz CT molecular complexity index is 2110. The molecule has 50 heavy (non-hydrogen) atoms. The van der Waals surface area contributed by atoms with Gasteiger partial charge in [-0.3, -0.25) is 4.90 Å². The van der Waals surface area contributed by atoms with Crippen LogP contribution in [0.15, 0.2) is 48.3 Å². The molecule has 3 aromatic carbocycles. The van der Waals surface area contributed by atoms with Crippen molar-refractivity contribution in [2.75, 3.05) is 43.4 Å². The van der Waals surface area contributed by atoms with Gasteiger partial charge < -0.3 is 20.7 Å². The predicted octanol–water partition coefficient (Wildman–Crippen LogP) is 7.26. The Balaban J connectivity index is 1.18. The largest absolute Gasteiger partial charge is 0.461 e. The number of hydrogen-bond donors (Lipinski definition) is 2. The van der Waals surface area contributed by atoms with Crippen molar-refractivity contribution in [3.63, 3.8) is 0 Å². The molecule has 5 heterocycles. The first-order chi connectivity index (χ1) is 24.3. The normalized spacial score (nSPS) is 27.5. The molecule has 7 nitrogen and oxygen atoms in total. The molecule has 0 radical (unpaired) electrons. The van der Waals surface area contributed by atoms with E-state index in [4.69, 9.17) is 26.9 Å². The second-order valence-corrected chi connectivity index (χ2v) is 15.3. The molecular weight excluding hydrogens is 637 g/mol. The van der Waals surface area contributed by atoms with Gasteiger partial charge in [-0.05, 0) is 98.2 Å². The number of nitrogens with two attached hydrogens (primary N) is 1. The number of terminal acetylenes is 1. The molecule has 1 aliphatic carbocycles. The summed E-state index contributed by atoms with van der Waals surface area (Å²) in [6.45, 7) is 3.26. The highest BCUT2D eigenvalue weighted by atomic mass is 19.1. The molecule has 258 valence electrons. The smallest absolute Gasteiger partial charge is 0.319 e. The number of ether oxygens (including phenoxy) is 1. The first kappa shape index (κ1) is 31.6. The van der Waals surface area contributed by atoms with Gasteiger partial charge in [0.05, 0.1) is 17.4 Å². The summed E-state index contributed by atoms with van der Waals surface area (Å²) in [5.74, 6) is 2.57. The van der Waals surface area contributed by atoms with Crippen LogP contribution < -0.4 is 20.7 Å². The van der Waals surface area contributed by atoms with Gasteiger partial charge in [0.25, 0.3) is 0 Å². The van der Waals surface area contributed by atoms with E-state index in [1.165, 1.54) is 31.7 Å². The predicted molar refractivity (Wildman–Crippen MR) is 191 cm³/mol. The number of nitrogens with zero attached hydrogens (tertiary/aromatic N) is 4. The van der Waals surface area contributed by atoms with E-state index in [9.17, 15) is 4.39 Å². The molecular formula is C40H41F3N6O. The van der Waals surface area contributed by atoms with E-state index in [-0.39, 0.29) is 40.3 Å². The van der Waals surface area contributed by atoms with Crippen LogP contribution in [-0.4, -0.2) is 64.8 Å². The first-order valence-corrected chi connectivity index (χ1v) is 18.0.